The van der Waals surface area contributed by atoms with Crippen LogP contribution in [0.3, 0.4) is 0 Å². The molecule has 4 N–H and O–H groups in total. The number of carbonyl (C=O) groups excluding carboxylic acids is 1. The van der Waals surface area contributed by atoms with Crippen LogP contribution in [0.4, 0.5) is 0 Å². The molecule has 35 heavy (non-hydrogen) atoms. The molecule has 0 aromatic heterocycles. The topological polar surface area (TPSA) is 98.0 Å². The van der Waals surface area contributed by atoms with Crippen LogP contribution >= 0.6 is 0 Å². The zero-order valence-corrected chi connectivity index (χ0v) is 22.8. The Kier molecular flexibility index (Phi) is 5.49. The van der Waals surface area contributed by atoms with E-state index in [1.165, 1.54) is 5.57 Å². The van der Waals surface area contributed by atoms with Gasteiger partial charge in [0.1, 0.15) is 6.29 Å². The fourth-order valence-electron chi connectivity index (χ4n) is 10.7. The number of allylic oxidation sites excluding steroid dienone is 2. The molecule has 5 nitrogen and oxygen atoms in total. The van der Waals surface area contributed by atoms with E-state index in [2.05, 4.69) is 40.7 Å². The van der Waals surface area contributed by atoms with Gasteiger partial charge < -0.3 is 25.2 Å². The van der Waals surface area contributed by atoms with Gasteiger partial charge in [-0.25, -0.2) is 0 Å². The summed E-state index contributed by atoms with van der Waals surface area (Å²) in [5.74, 6) is 0.593. The highest BCUT2D eigenvalue weighted by atomic mass is 16.3. The molecule has 198 valence electrons. The first-order valence-corrected chi connectivity index (χ1v) is 13.9. The summed E-state index contributed by atoms with van der Waals surface area (Å²) in [7, 11) is 0. The number of hydrogen-bond donors (Lipinski definition) is 4. The standard InChI is InChI=1S/C30H48O5/c1-25(2)14-18-17-8-9-20-27(5)12-11-21(32)26(3,4)19(27)10-13-28(20,6)29(17,7)15-22(33)30(18,16-31)24(35)23(25)34/h8,16,18-24,32-35H,9-15H2,1-7H3/t18-,19-,20+,21-,22+,23-,24-,27-,28+,29+,30-/m0/s1. The van der Waals surface area contributed by atoms with Gasteiger partial charge in [-0.2, -0.15) is 0 Å². The van der Waals surface area contributed by atoms with Crippen molar-refractivity contribution in [2.75, 3.05) is 0 Å². The lowest BCUT2D eigenvalue weighted by atomic mass is 9.33. The van der Waals surface area contributed by atoms with E-state index in [0.717, 1.165) is 38.4 Å². The molecule has 0 spiro atoms. The number of hydrogen-bond acceptors (Lipinski definition) is 5. The number of aldehydes is 1. The number of rotatable bonds is 1. The Bertz CT molecular complexity index is 939. The van der Waals surface area contributed by atoms with Crippen LogP contribution < -0.4 is 0 Å². The van der Waals surface area contributed by atoms with Gasteiger partial charge >= 0.3 is 0 Å². The van der Waals surface area contributed by atoms with Crippen LogP contribution in [0.15, 0.2) is 11.6 Å². The van der Waals surface area contributed by atoms with Crippen molar-refractivity contribution in [3.63, 3.8) is 0 Å². The molecule has 0 aromatic carbocycles. The van der Waals surface area contributed by atoms with Crippen LogP contribution in [0, 0.1) is 50.2 Å². The second kappa shape index (κ2) is 7.42. The van der Waals surface area contributed by atoms with Gasteiger partial charge in [0.05, 0.1) is 29.8 Å². The Morgan fingerprint density at radius 2 is 1.49 bits per heavy atom. The molecule has 0 aromatic rings. The Balaban J connectivity index is 1.64. The smallest absolute Gasteiger partial charge is 0.132 e. The van der Waals surface area contributed by atoms with Crippen molar-refractivity contribution < 1.29 is 25.2 Å². The van der Waals surface area contributed by atoms with Gasteiger partial charge in [0.25, 0.3) is 0 Å². The maximum Gasteiger partial charge on any atom is 0.132 e. The summed E-state index contributed by atoms with van der Waals surface area (Å²) in [6.07, 6.45) is 5.40. The van der Waals surface area contributed by atoms with E-state index < -0.39 is 29.1 Å². The first kappa shape index (κ1) is 25.9. The number of aliphatic hydroxyl groups is 4. The maximum absolute atomic E-state index is 12.7. The minimum atomic E-state index is -1.36. The molecule has 5 heteroatoms. The third-order valence-corrected chi connectivity index (χ3v) is 13.2. The van der Waals surface area contributed by atoms with E-state index in [1.54, 1.807) is 0 Å². The molecule has 0 aliphatic heterocycles. The van der Waals surface area contributed by atoms with Crippen LogP contribution in [0.1, 0.15) is 93.4 Å². The third-order valence-electron chi connectivity index (χ3n) is 13.2. The summed E-state index contributed by atoms with van der Waals surface area (Å²) in [6, 6.07) is 0. The summed E-state index contributed by atoms with van der Waals surface area (Å²) in [4.78, 5) is 12.7. The second-order valence-corrected chi connectivity index (χ2v) is 15.1. The van der Waals surface area contributed by atoms with Crippen molar-refractivity contribution in [2.45, 2.75) is 118 Å². The van der Waals surface area contributed by atoms with Gasteiger partial charge in [-0.1, -0.05) is 60.1 Å². The van der Waals surface area contributed by atoms with Crippen LogP contribution in [-0.4, -0.2) is 51.1 Å². The van der Waals surface area contributed by atoms with Crippen molar-refractivity contribution in [3.8, 4) is 0 Å². The molecule has 4 fully saturated rings. The second-order valence-electron chi connectivity index (χ2n) is 15.1. The summed E-state index contributed by atoms with van der Waals surface area (Å²) < 4.78 is 0. The first-order valence-electron chi connectivity index (χ1n) is 13.9. The largest absolute Gasteiger partial charge is 0.393 e. The molecule has 0 amide bonds. The fraction of sp³-hybridized carbons (Fsp3) is 0.900. The third kappa shape index (κ3) is 2.88. The Morgan fingerprint density at radius 1 is 0.829 bits per heavy atom. The predicted octanol–water partition coefficient (Wildman–Crippen LogP) is 4.26. The Labute approximate surface area is 211 Å². The highest BCUT2D eigenvalue weighted by molar-refractivity contribution is 5.66. The van der Waals surface area contributed by atoms with Crippen LogP contribution in [0.25, 0.3) is 0 Å². The molecule has 5 aliphatic carbocycles. The lowest BCUT2D eigenvalue weighted by Crippen LogP contribution is -2.71. The van der Waals surface area contributed by atoms with E-state index in [9.17, 15) is 25.2 Å². The highest BCUT2D eigenvalue weighted by Crippen LogP contribution is 2.75. The number of fused-ring (bicyclic) bond motifs is 7. The predicted molar refractivity (Wildman–Crippen MR) is 135 cm³/mol. The van der Waals surface area contributed by atoms with Crippen molar-refractivity contribution >= 4 is 6.29 Å². The minimum Gasteiger partial charge on any atom is -0.393 e. The highest BCUT2D eigenvalue weighted by Gasteiger charge is 2.72. The van der Waals surface area contributed by atoms with Crippen molar-refractivity contribution in [3.05, 3.63) is 11.6 Å². The van der Waals surface area contributed by atoms with Gasteiger partial charge in [-0.15, -0.1) is 0 Å². The van der Waals surface area contributed by atoms with Crippen LogP contribution in [0.5, 0.6) is 0 Å². The van der Waals surface area contributed by atoms with E-state index >= 15 is 0 Å². The molecular weight excluding hydrogens is 440 g/mol. The molecule has 11 atom stereocenters. The van der Waals surface area contributed by atoms with E-state index in [0.29, 0.717) is 24.7 Å². The summed E-state index contributed by atoms with van der Waals surface area (Å²) in [6.45, 7) is 15.6. The molecule has 0 unspecified atom stereocenters. The molecule has 4 saturated carbocycles. The zero-order chi connectivity index (χ0) is 26.0. The molecule has 5 aliphatic rings. The van der Waals surface area contributed by atoms with Crippen LogP contribution in [-0.2, 0) is 4.79 Å². The lowest BCUT2D eigenvalue weighted by molar-refractivity contribution is -0.239. The van der Waals surface area contributed by atoms with Gasteiger partial charge in [0.15, 0.2) is 0 Å². The number of aliphatic hydroxyl groups excluding tert-OH is 4. The monoisotopic (exact) mass is 488 g/mol. The first-order chi connectivity index (χ1) is 16.0. The number of carbonyl (C=O) groups is 1. The van der Waals surface area contributed by atoms with Gasteiger partial charge in [0.2, 0.25) is 0 Å². The van der Waals surface area contributed by atoms with Crippen LogP contribution in [0.2, 0.25) is 0 Å². The SMILES string of the molecule is CC1(C)C[C@H]2C3=CC[C@@H]4[C@@]5(C)CC[C@H](O)C(C)(C)[C@@H]5CC[C@@]4(C)[C@]3(C)C[C@@H](O)[C@@]2(C=O)[C@@H](O)[C@@H]1O. The average Bonchev–Trinajstić information content (AvgIpc) is 2.76. The zero-order valence-electron chi connectivity index (χ0n) is 22.8. The minimum absolute atomic E-state index is 0.0537. The van der Waals surface area contributed by atoms with Crippen molar-refractivity contribution in [1.82, 2.24) is 0 Å². The lowest BCUT2D eigenvalue weighted by Gasteiger charge is -2.72. The summed E-state index contributed by atoms with van der Waals surface area (Å²) in [5.41, 5.74) is -1.05. The van der Waals surface area contributed by atoms with E-state index in [1.807, 2.05) is 13.8 Å². The summed E-state index contributed by atoms with van der Waals surface area (Å²) >= 11 is 0. The Hall–Kier alpha value is -0.750. The molecule has 5 rings (SSSR count). The molecular formula is C30H48O5. The molecule has 0 radical (unpaired) electrons. The fourth-order valence-corrected chi connectivity index (χ4v) is 10.7. The van der Waals surface area contributed by atoms with Crippen molar-refractivity contribution in [2.24, 2.45) is 50.2 Å². The average molecular weight is 489 g/mol. The molecule has 0 heterocycles. The van der Waals surface area contributed by atoms with E-state index in [4.69, 9.17) is 0 Å². The Morgan fingerprint density at radius 3 is 2.11 bits per heavy atom. The maximum atomic E-state index is 12.7. The summed E-state index contributed by atoms with van der Waals surface area (Å²) in [5, 5.41) is 44.8. The molecule has 0 bridgehead atoms. The van der Waals surface area contributed by atoms with Gasteiger partial charge in [0, 0.05) is 0 Å². The van der Waals surface area contributed by atoms with E-state index in [-0.39, 0.29) is 33.7 Å². The normalized spacial score (nSPS) is 56.5. The van der Waals surface area contributed by atoms with Gasteiger partial charge in [-0.05, 0) is 89.8 Å². The quantitative estimate of drug-likeness (QED) is 0.327. The van der Waals surface area contributed by atoms with Gasteiger partial charge in [-0.3, -0.25) is 0 Å². The van der Waals surface area contributed by atoms with Crippen molar-refractivity contribution in [1.29, 1.82) is 0 Å². The molecule has 0 saturated heterocycles.